The summed E-state index contributed by atoms with van der Waals surface area (Å²) in [5, 5.41) is 12.1. The van der Waals surface area contributed by atoms with Gasteiger partial charge in [0.1, 0.15) is 0 Å². The van der Waals surface area contributed by atoms with Crippen molar-refractivity contribution in [1.82, 2.24) is 5.32 Å². The molecule has 0 aromatic rings. The first kappa shape index (κ1) is 12.4. The maximum atomic E-state index is 10.6. The Morgan fingerprint density at radius 1 is 1.38 bits per heavy atom. The van der Waals surface area contributed by atoms with Crippen molar-refractivity contribution in [2.45, 2.75) is 58.6 Å². The van der Waals surface area contributed by atoms with Gasteiger partial charge in [-0.2, -0.15) is 0 Å². The molecule has 0 bridgehead atoms. The summed E-state index contributed by atoms with van der Waals surface area (Å²) >= 11 is 0. The molecule has 1 rings (SSSR count). The Morgan fingerprint density at radius 2 is 2.00 bits per heavy atom. The van der Waals surface area contributed by atoms with Gasteiger partial charge >= 0.3 is 0 Å². The molecular weight excluding hydrogens is 166 g/mol. The molecule has 1 fully saturated rings. The number of carbonyl (C=O) groups excluding carboxylic acids is 1. The topological polar surface area (TPSA) is 49.3 Å². The van der Waals surface area contributed by atoms with Crippen LogP contribution in [-0.4, -0.2) is 23.2 Å². The number of aliphatic hydroxyl groups is 1. The highest BCUT2D eigenvalue weighted by Gasteiger charge is 2.19. The van der Waals surface area contributed by atoms with Crippen molar-refractivity contribution in [2.75, 3.05) is 0 Å². The zero-order valence-corrected chi connectivity index (χ0v) is 8.84. The van der Waals surface area contributed by atoms with Crippen LogP contribution in [0.25, 0.3) is 0 Å². The maximum absolute atomic E-state index is 10.6. The second-order valence-electron chi connectivity index (χ2n) is 3.22. The van der Waals surface area contributed by atoms with E-state index >= 15 is 0 Å². The van der Waals surface area contributed by atoms with Crippen LogP contribution in [0.15, 0.2) is 0 Å². The van der Waals surface area contributed by atoms with Gasteiger partial charge in [0.15, 0.2) is 0 Å². The average Bonchev–Trinajstić information content (AvgIpc) is 2.06. The molecule has 3 heteroatoms. The summed E-state index contributed by atoms with van der Waals surface area (Å²) in [5.41, 5.74) is 0. The van der Waals surface area contributed by atoms with Gasteiger partial charge in [-0.15, -0.1) is 0 Å². The molecule has 1 saturated carbocycles. The van der Waals surface area contributed by atoms with Crippen LogP contribution >= 0.6 is 0 Å². The molecule has 0 aliphatic heterocycles. The monoisotopic (exact) mass is 187 g/mol. The fourth-order valence-electron chi connectivity index (χ4n) is 1.58. The summed E-state index contributed by atoms with van der Waals surface area (Å²) in [7, 11) is 0. The van der Waals surface area contributed by atoms with Gasteiger partial charge in [0, 0.05) is 13.0 Å². The molecular formula is C10H21NO2. The van der Waals surface area contributed by atoms with Crippen LogP contribution in [0.5, 0.6) is 0 Å². The summed E-state index contributed by atoms with van der Waals surface area (Å²) in [6.45, 7) is 5.51. The Labute approximate surface area is 80.5 Å². The third-order valence-corrected chi connectivity index (χ3v) is 2.05. The van der Waals surface area contributed by atoms with Gasteiger partial charge in [0.2, 0.25) is 5.91 Å². The van der Waals surface area contributed by atoms with Crippen molar-refractivity contribution in [1.29, 1.82) is 0 Å². The number of hydrogen-bond acceptors (Lipinski definition) is 2. The standard InChI is InChI=1S/C8H15NO2.C2H6/c1-6(10)9-7-3-2-4-8(11)5-7;1-2/h7-8,11H,2-5H2,1H3,(H,9,10);1-2H3. The van der Waals surface area contributed by atoms with Gasteiger partial charge in [-0.25, -0.2) is 0 Å². The first-order valence-electron chi connectivity index (χ1n) is 5.13. The molecule has 3 nitrogen and oxygen atoms in total. The lowest BCUT2D eigenvalue weighted by molar-refractivity contribution is -0.120. The molecule has 2 N–H and O–H groups in total. The van der Waals surface area contributed by atoms with E-state index in [0.717, 1.165) is 25.7 Å². The van der Waals surface area contributed by atoms with Gasteiger partial charge in [-0.1, -0.05) is 13.8 Å². The smallest absolute Gasteiger partial charge is 0.217 e. The van der Waals surface area contributed by atoms with Crippen molar-refractivity contribution in [3.63, 3.8) is 0 Å². The minimum Gasteiger partial charge on any atom is -0.393 e. The molecule has 13 heavy (non-hydrogen) atoms. The van der Waals surface area contributed by atoms with Crippen molar-refractivity contribution in [2.24, 2.45) is 0 Å². The molecule has 1 aliphatic rings. The molecule has 0 spiro atoms. The molecule has 2 atom stereocenters. The van der Waals surface area contributed by atoms with E-state index in [2.05, 4.69) is 5.32 Å². The Bertz CT molecular complexity index is 148. The van der Waals surface area contributed by atoms with E-state index in [1.165, 1.54) is 6.92 Å². The third-order valence-electron chi connectivity index (χ3n) is 2.05. The molecule has 0 aromatic carbocycles. The van der Waals surface area contributed by atoms with Gasteiger partial charge in [0.25, 0.3) is 0 Å². The minimum atomic E-state index is -0.208. The van der Waals surface area contributed by atoms with E-state index in [1.807, 2.05) is 13.8 Å². The van der Waals surface area contributed by atoms with E-state index in [-0.39, 0.29) is 18.1 Å². The fraction of sp³-hybridized carbons (Fsp3) is 0.900. The number of hydrogen-bond donors (Lipinski definition) is 2. The second kappa shape index (κ2) is 6.89. The van der Waals surface area contributed by atoms with Gasteiger partial charge < -0.3 is 10.4 Å². The van der Waals surface area contributed by atoms with E-state index in [1.54, 1.807) is 0 Å². The maximum Gasteiger partial charge on any atom is 0.217 e. The number of nitrogens with one attached hydrogen (secondary N) is 1. The lowest BCUT2D eigenvalue weighted by atomic mass is 9.93. The quantitative estimate of drug-likeness (QED) is 0.653. The SMILES string of the molecule is CC.CC(=O)NC1CCCC(O)C1. The lowest BCUT2D eigenvalue weighted by Gasteiger charge is -2.25. The summed E-state index contributed by atoms with van der Waals surface area (Å²) in [6, 6.07) is 0.205. The first-order valence-corrected chi connectivity index (χ1v) is 5.13. The molecule has 0 radical (unpaired) electrons. The molecule has 0 aromatic heterocycles. The van der Waals surface area contributed by atoms with Crippen molar-refractivity contribution >= 4 is 5.91 Å². The number of carbonyl (C=O) groups is 1. The average molecular weight is 187 g/mol. The molecule has 2 unspecified atom stereocenters. The van der Waals surface area contributed by atoms with Crippen LogP contribution in [0.4, 0.5) is 0 Å². The predicted octanol–water partition coefficient (Wildman–Crippen LogP) is 1.45. The summed E-state index contributed by atoms with van der Waals surface area (Å²) < 4.78 is 0. The summed E-state index contributed by atoms with van der Waals surface area (Å²) in [4.78, 5) is 10.6. The van der Waals surface area contributed by atoms with E-state index < -0.39 is 0 Å². The van der Waals surface area contributed by atoms with Crippen molar-refractivity contribution < 1.29 is 9.90 Å². The third kappa shape index (κ3) is 5.64. The Morgan fingerprint density at radius 3 is 2.46 bits per heavy atom. The predicted molar refractivity (Wildman–Crippen MR) is 53.4 cm³/mol. The van der Waals surface area contributed by atoms with Crippen LogP contribution in [0.1, 0.15) is 46.5 Å². The Kier molecular flexibility index (Phi) is 6.59. The van der Waals surface area contributed by atoms with Gasteiger partial charge in [-0.05, 0) is 25.7 Å². The molecule has 1 amide bonds. The minimum absolute atomic E-state index is 0.00380. The van der Waals surface area contributed by atoms with Crippen LogP contribution in [0.2, 0.25) is 0 Å². The highest BCUT2D eigenvalue weighted by atomic mass is 16.3. The first-order chi connectivity index (χ1) is 6.18. The normalized spacial score (nSPS) is 27.1. The van der Waals surface area contributed by atoms with Crippen LogP contribution in [0.3, 0.4) is 0 Å². The van der Waals surface area contributed by atoms with Crippen molar-refractivity contribution in [3.05, 3.63) is 0 Å². The molecule has 1 aliphatic carbocycles. The van der Waals surface area contributed by atoms with E-state index in [0.29, 0.717) is 0 Å². The zero-order valence-electron chi connectivity index (χ0n) is 8.84. The summed E-state index contributed by atoms with van der Waals surface area (Å²) in [6.07, 6.45) is 3.43. The van der Waals surface area contributed by atoms with Gasteiger partial charge in [-0.3, -0.25) is 4.79 Å². The lowest BCUT2D eigenvalue weighted by Crippen LogP contribution is -2.38. The van der Waals surface area contributed by atoms with Crippen LogP contribution in [0, 0.1) is 0 Å². The van der Waals surface area contributed by atoms with E-state index in [9.17, 15) is 9.90 Å². The number of rotatable bonds is 1. The van der Waals surface area contributed by atoms with Gasteiger partial charge in [0.05, 0.1) is 6.10 Å². The molecule has 78 valence electrons. The largest absolute Gasteiger partial charge is 0.393 e. The highest BCUT2D eigenvalue weighted by molar-refractivity contribution is 5.73. The Hall–Kier alpha value is -0.570. The van der Waals surface area contributed by atoms with E-state index in [4.69, 9.17) is 0 Å². The molecule has 0 saturated heterocycles. The van der Waals surface area contributed by atoms with Crippen LogP contribution < -0.4 is 5.32 Å². The second-order valence-corrected chi connectivity index (χ2v) is 3.22. The summed E-state index contributed by atoms with van der Waals surface area (Å²) in [5.74, 6) is 0.00380. The number of aliphatic hydroxyl groups excluding tert-OH is 1. The number of amides is 1. The highest BCUT2D eigenvalue weighted by Crippen LogP contribution is 2.17. The zero-order chi connectivity index (χ0) is 10.3. The fourth-order valence-corrected chi connectivity index (χ4v) is 1.58. The van der Waals surface area contributed by atoms with Crippen molar-refractivity contribution in [3.8, 4) is 0 Å². The molecule has 0 heterocycles. The Balaban J connectivity index is 0.000000671. The van der Waals surface area contributed by atoms with Crippen LogP contribution in [-0.2, 0) is 4.79 Å².